The quantitative estimate of drug-likeness (QED) is 0.654. The lowest BCUT2D eigenvalue weighted by Crippen LogP contribution is -2.38. The molecular weight excluding hydrogens is 361 g/mol. The molecule has 131 valence electrons. The first-order valence-electron chi connectivity index (χ1n) is 7.59. The molecular formula is C16H17ClFN5OSi-. The molecule has 3 aromatic rings. The monoisotopic (exact) mass is 377 g/mol. The van der Waals surface area contributed by atoms with Gasteiger partial charge in [-0.2, -0.15) is 24.7 Å². The van der Waals surface area contributed by atoms with Gasteiger partial charge < -0.3 is 4.74 Å². The molecule has 2 aromatic heterocycles. The Morgan fingerprint density at radius 2 is 1.96 bits per heavy atom. The van der Waals surface area contributed by atoms with Crippen LogP contribution in [-0.4, -0.2) is 40.1 Å². The van der Waals surface area contributed by atoms with E-state index < -0.39 is 13.9 Å². The molecule has 0 radical (unpaired) electrons. The lowest BCUT2D eigenvalue weighted by Gasteiger charge is -2.23. The van der Waals surface area contributed by atoms with Crippen molar-refractivity contribution in [1.82, 2.24) is 25.0 Å². The molecule has 1 aromatic carbocycles. The molecule has 0 amide bonds. The maximum atomic E-state index is 14.8. The van der Waals surface area contributed by atoms with Gasteiger partial charge in [-0.25, -0.2) is 19.0 Å². The maximum Gasteiger partial charge on any atom is 0.216 e. The van der Waals surface area contributed by atoms with Crippen LogP contribution in [-0.2, 0) is 0 Å². The molecule has 9 heteroatoms. The Balaban J connectivity index is 2.21. The fourth-order valence-corrected chi connectivity index (χ4v) is 3.30. The standard InChI is InChI=1S/C16H17ClFN5OSi/c1-24-13-7-11(19-9-20-13)15-12(6-5-10(17)16(15)18)23-8-14(21-22-23)25(2,3)4/h5-9H,1-4H3/q-1. The number of aromatic nitrogens is 5. The van der Waals surface area contributed by atoms with E-state index in [1.165, 1.54) is 19.5 Å². The summed E-state index contributed by atoms with van der Waals surface area (Å²) in [7, 11) is -0.156. The Labute approximate surface area is 150 Å². The molecule has 0 N–H and O–H groups in total. The summed E-state index contributed by atoms with van der Waals surface area (Å²) >= 11 is 5.99. The van der Waals surface area contributed by atoms with Gasteiger partial charge in [-0.1, -0.05) is 30.2 Å². The molecule has 0 bridgehead atoms. The third-order valence-corrected chi connectivity index (χ3v) is 5.75. The number of ether oxygens (including phenoxy) is 1. The first-order chi connectivity index (χ1) is 11.8. The van der Waals surface area contributed by atoms with Gasteiger partial charge >= 0.3 is 0 Å². The SMILES string of the molecule is COc1cc(-c2c(-n3cc([Si-](C)(C)C)nn3)ccc(Cl)c2F)ncn1. The van der Waals surface area contributed by atoms with Gasteiger partial charge in [0.1, 0.15) is 6.33 Å². The van der Waals surface area contributed by atoms with Crippen molar-refractivity contribution in [2.45, 2.75) is 19.6 Å². The van der Waals surface area contributed by atoms with Crippen LogP contribution in [0.25, 0.3) is 16.9 Å². The lowest BCUT2D eigenvalue weighted by molar-refractivity contribution is 0.397. The Kier molecular flexibility index (Phi) is 4.57. The van der Waals surface area contributed by atoms with E-state index >= 15 is 0 Å². The van der Waals surface area contributed by atoms with Crippen molar-refractivity contribution >= 4 is 25.0 Å². The zero-order chi connectivity index (χ0) is 18.2. The molecule has 3 rings (SSSR count). The molecule has 0 saturated heterocycles. The summed E-state index contributed by atoms with van der Waals surface area (Å²) < 4.78 is 21.5. The van der Waals surface area contributed by atoms with Crippen LogP contribution < -0.4 is 10.1 Å². The molecule has 0 atom stereocenters. The normalized spacial score (nSPS) is 11.6. The van der Waals surface area contributed by atoms with Crippen LogP contribution in [0, 0.1) is 5.82 Å². The number of halogens is 2. The third-order valence-electron chi connectivity index (χ3n) is 3.69. The molecule has 0 aliphatic rings. The van der Waals surface area contributed by atoms with Gasteiger partial charge in [0.2, 0.25) is 5.88 Å². The summed E-state index contributed by atoms with van der Waals surface area (Å²) in [5, 5.41) is 9.34. The lowest BCUT2D eigenvalue weighted by atomic mass is 10.1. The highest BCUT2D eigenvalue weighted by Gasteiger charge is 2.19. The zero-order valence-electron chi connectivity index (χ0n) is 14.3. The Hall–Kier alpha value is -2.32. The molecule has 25 heavy (non-hydrogen) atoms. The van der Waals surface area contributed by atoms with E-state index in [2.05, 4.69) is 39.9 Å². The van der Waals surface area contributed by atoms with E-state index in [1.807, 2.05) is 6.20 Å². The van der Waals surface area contributed by atoms with Gasteiger partial charge in [0, 0.05) is 12.3 Å². The third kappa shape index (κ3) is 3.40. The fraction of sp³-hybridized carbons (Fsp3) is 0.250. The van der Waals surface area contributed by atoms with Gasteiger partial charge in [-0.15, -0.1) is 0 Å². The van der Waals surface area contributed by atoms with E-state index in [0.29, 0.717) is 17.3 Å². The highest BCUT2D eigenvalue weighted by Crippen LogP contribution is 2.33. The van der Waals surface area contributed by atoms with Gasteiger partial charge in [0.05, 0.1) is 29.1 Å². The van der Waals surface area contributed by atoms with Crippen LogP contribution >= 0.6 is 11.6 Å². The number of hydrogen-bond donors (Lipinski definition) is 0. The predicted molar refractivity (Wildman–Crippen MR) is 96.9 cm³/mol. The largest absolute Gasteiger partial charge is 0.481 e. The van der Waals surface area contributed by atoms with Crippen LogP contribution in [0.2, 0.25) is 24.7 Å². The zero-order valence-corrected chi connectivity index (χ0v) is 16.0. The molecule has 6 nitrogen and oxygen atoms in total. The van der Waals surface area contributed by atoms with Crippen molar-refractivity contribution in [3.05, 3.63) is 41.6 Å². The second-order valence-corrected chi connectivity index (χ2v) is 11.9. The fourth-order valence-electron chi connectivity index (χ4n) is 2.29. The molecule has 0 aliphatic carbocycles. The van der Waals surface area contributed by atoms with Gasteiger partial charge in [-0.3, -0.25) is 0 Å². The van der Waals surface area contributed by atoms with E-state index in [1.54, 1.807) is 16.8 Å². The Bertz CT molecular complexity index is 925. The van der Waals surface area contributed by atoms with E-state index in [4.69, 9.17) is 16.3 Å². The minimum Gasteiger partial charge on any atom is -0.481 e. The average Bonchev–Trinajstić information content (AvgIpc) is 3.07. The summed E-state index contributed by atoms with van der Waals surface area (Å²) in [5.74, 6) is -0.248. The van der Waals surface area contributed by atoms with Crippen LogP contribution in [0.4, 0.5) is 4.39 Å². The summed E-state index contributed by atoms with van der Waals surface area (Å²) in [5.41, 5.74) is 1.08. The smallest absolute Gasteiger partial charge is 0.216 e. The van der Waals surface area contributed by atoms with Gasteiger partial charge in [0.15, 0.2) is 5.82 Å². The second-order valence-electron chi connectivity index (χ2n) is 6.50. The first-order valence-corrected chi connectivity index (χ1v) is 11.5. The van der Waals surface area contributed by atoms with Crippen molar-refractivity contribution in [3.63, 3.8) is 0 Å². The van der Waals surface area contributed by atoms with E-state index in [9.17, 15) is 4.39 Å². The highest BCUT2D eigenvalue weighted by molar-refractivity contribution is 6.88. The van der Waals surface area contributed by atoms with Gasteiger partial charge in [-0.05, 0) is 12.1 Å². The van der Waals surface area contributed by atoms with Gasteiger partial charge in [0.25, 0.3) is 0 Å². The molecule has 0 fully saturated rings. The number of benzene rings is 1. The number of hydrogen-bond acceptors (Lipinski definition) is 5. The molecule has 0 spiro atoms. The Morgan fingerprint density at radius 3 is 2.60 bits per heavy atom. The molecule has 0 saturated carbocycles. The summed E-state index contributed by atoms with van der Waals surface area (Å²) in [6, 6.07) is 4.73. The molecule has 0 aliphatic heterocycles. The van der Waals surface area contributed by atoms with Crippen molar-refractivity contribution in [3.8, 4) is 22.8 Å². The van der Waals surface area contributed by atoms with Crippen molar-refractivity contribution in [2.75, 3.05) is 7.11 Å². The summed E-state index contributed by atoms with van der Waals surface area (Å²) in [4.78, 5) is 8.11. The number of methoxy groups -OCH3 is 1. The number of nitrogens with zero attached hydrogens (tertiary/aromatic N) is 5. The second kappa shape index (κ2) is 6.53. The van der Waals surface area contributed by atoms with Crippen molar-refractivity contribution in [1.29, 1.82) is 0 Å². The first kappa shape index (κ1) is 17.5. The maximum absolute atomic E-state index is 14.8. The minimum atomic E-state index is -1.64. The Morgan fingerprint density at radius 1 is 1.20 bits per heavy atom. The van der Waals surface area contributed by atoms with Crippen LogP contribution in [0.3, 0.4) is 0 Å². The average molecular weight is 378 g/mol. The molecule has 2 heterocycles. The van der Waals surface area contributed by atoms with Crippen LogP contribution in [0.15, 0.2) is 30.7 Å². The number of rotatable bonds is 4. The highest BCUT2D eigenvalue weighted by atomic mass is 35.5. The van der Waals surface area contributed by atoms with E-state index in [0.717, 1.165) is 5.32 Å². The van der Waals surface area contributed by atoms with E-state index in [-0.39, 0.29) is 10.6 Å². The van der Waals surface area contributed by atoms with Crippen LogP contribution in [0.1, 0.15) is 0 Å². The summed E-state index contributed by atoms with van der Waals surface area (Å²) in [6.07, 6.45) is 3.14. The van der Waals surface area contributed by atoms with Crippen molar-refractivity contribution < 1.29 is 9.13 Å². The summed E-state index contributed by atoms with van der Waals surface area (Å²) in [6.45, 7) is 6.50. The predicted octanol–water partition coefficient (Wildman–Crippen LogP) is 3.07. The minimum absolute atomic E-state index is 0.00173. The van der Waals surface area contributed by atoms with Crippen molar-refractivity contribution in [2.24, 2.45) is 0 Å². The topological polar surface area (TPSA) is 65.7 Å². The van der Waals surface area contributed by atoms with Crippen LogP contribution in [0.5, 0.6) is 5.88 Å². The molecule has 0 unspecified atom stereocenters.